The molecule has 0 aliphatic carbocycles. The van der Waals surface area contributed by atoms with Gasteiger partial charge in [0, 0.05) is 25.2 Å². The third-order valence-electron chi connectivity index (χ3n) is 6.70. The summed E-state index contributed by atoms with van der Waals surface area (Å²) in [6, 6.07) is 14.0. The Morgan fingerprint density at radius 1 is 1.07 bits per heavy atom. The smallest absolute Gasteiger partial charge is 0.323 e. The van der Waals surface area contributed by atoms with E-state index in [0.717, 1.165) is 47.8 Å². The third-order valence-corrected chi connectivity index (χ3v) is 8.19. The normalized spacial score (nSPS) is 15.6. The van der Waals surface area contributed by atoms with Gasteiger partial charge >= 0.3 is 5.97 Å². The van der Waals surface area contributed by atoms with Gasteiger partial charge in [-0.1, -0.05) is 47.6 Å². The monoisotopic (exact) mass is 582 g/mol. The number of oxime groups is 1. The summed E-state index contributed by atoms with van der Waals surface area (Å²) in [7, 11) is -4.16. The van der Waals surface area contributed by atoms with E-state index < -0.39 is 34.5 Å². The number of H-pyrrole nitrogens is 1. The highest BCUT2D eigenvalue weighted by atomic mass is 32.2. The number of hydrogen-bond acceptors (Lipinski definition) is 8. The SMILES string of the molecule is Cc1nc(NCCCCC2CC(C(=O)NCC(NS(=O)(=O)c3ccc(-c4ccccc4)cc3)C(=O)O)=NO2)[nH]c1C. The average molecular weight is 583 g/mol. The Kier molecular flexibility index (Phi) is 9.73. The number of sulfonamides is 1. The number of nitrogens with one attached hydrogen (secondary N) is 4. The van der Waals surface area contributed by atoms with Crippen LogP contribution in [-0.2, 0) is 24.4 Å². The zero-order valence-electron chi connectivity index (χ0n) is 22.9. The number of carbonyl (C=O) groups is 2. The standard InChI is InChI=1S/C28H34N6O6S/c1-18-19(2)32-28(31-18)29-15-7-6-10-22-16-24(33-40-22)26(35)30-17-25(27(36)37)34-41(38,39)23-13-11-21(12-14-23)20-8-4-3-5-9-20/h3-5,8-9,11-14,22,25,34H,6-7,10,15-17H2,1-2H3,(H,30,35)(H,36,37)(H2,29,31,32). The molecule has 1 amide bonds. The number of carboxylic acid groups (broad SMARTS) is 1. The molecule has 1 aliphatic rings. The molecule has 4 rings (SSSR count). The van der Waals surface area contributed by atoms with Crippen LogP contribution in [0.5, 0.6) is 0 Å². The van der Waals surface area contributed by atoms with Crippen molar-refractivity contribution in [2.24, 2.45) is 5.16 Å². The molecule has 0 radical (unpaired) electrons. The number of aliphatic carboxylic acids is 1. The van der Waals surface area contributed by atoms with Crippen LogP contribution in [0.2, 0.25) is 0 Å². The van der Waals surface area contributed by atoms with Crippen molar-refractivity contribution in [1.29, 1.82) is 0 Å². The Labute approximate surface area is 238 Å². The first-order chi connectivity index (χ1) is 19.6. The number of aryl methyl sites for hydroxylation is 2. The summed E-state index contributed by atoms with van der Waals surface area (Å²) < 4.78 is 27.8. The van der Waals surface area contributed by atoms with Gasteiger partial charge in [-0.05, 0) is 56.4 Å². The number of carboxylic acids is 1. The Bertz CT molecular complexity index is 1470. The number of anilines is 1. The van der Waals surface area contributed by atoms with Crippen LogP contribution in [0.25, 0.3) is 11.1 Å². The molecule has 41 heavy (non-hydrogen) atoms. The van der Waals surface area contributed by atoms with Crippen LogP contribution in [0.4, 0.5) is 5.95 Å². The molecule has 0 spiro atoms. The van der Waals surface area contributed by atoms with Gasteiger partial charge in [0.2, 0.25) is 16.0 Å². The zero-order chi connectivity index (χ0) is 29.4. The van der Waals surface area contributed by atoms with Gasteiger partial charge in [-0.3, -0.25) is 9.59 Å². The topological polar surface area (TPSA) is 175 Å². The third kappa shape index (κ3) is 8.14. The molecular weight excluding hydrogens is 548 g/mol. The lowest BCUT2D eigenvalue weighted by Crippen LogP contribution is -2.49. The first kappa shape index (κ1) is 29.7. The van der Waals surface area contributed by atoms with Gasteiger partial charge in [-0.15, -0.1) is 0 Å². The van der Waals surface area contributed by atoms with Gasteiger partial charge in [-0.25, -0.2) is 13.4 Å². The number of unbranched alkanes of at least 4 members (excludes halogenated alkanes) is 1. The number of imidazole rings is 1. The number of nitrogens with zero attached hydrogens (tertiary/aromatic N) is 2. The van der Waals surface area contributed by atoms with Crippen molar-refractivity contribution in [3.63, 3.8) is 0 Å². The second-order valence-electron chi connectivity index (χ2n) is 9.80. The number of aromatic amines is 1. The molecule has 1 aromatic heterocycles. The number of aromatic nitrogens is 2. The summed E-state index contributed by atoms with van der Waals surface area (Å²) in [4.78, 5) is 37.2. The molecule has 2 heterocycles. The molecule has 2 atom stereocenters. The molecule has 218 valence electrons. The van der Waals surface area contributed by atoms with E-state index in [-0.39, 0.29) is 23.1 Å². The van der Waals surface area contributed by atoms with E-state index >= 15 is 0 Å². The minimum atomic E-state index is -4.16. The fourth-order valence-corrected chi connectivity index (χ4v) is 5.43. The van der Waals surface area contributed by atoms with Crippen LogP contribution in [0.3, 0.4) is 0 Å². The maximum atomic E-state index is 12.8. The maximum Gasteiger partial charge on any atom is 0.323 e. The summed E-state index contributed by atoms with van der Waals surface area (Å²) in [5.74, 6) is -1.29. The molecule has 0 saturated carbocycles. The Hall–Kier alpha value is -4.23. The molecule has 1 aliphatic heterocycles. The summed E-state index contributed by atoms with van der Waals surface area (Å²) in [5, 5.41) is 19.1. The van der Waals surface area contributed by atoms with Gasteiger partial charge in [-0.2, -0.15) is 4.72 Å². The van der Waals surface area contributed by atoms with E-state index in [1.807, 2.05) is 44.2 Å². The lowest BCUT2D eigenvalue weighted by atomic mass is 10.1. The lowest BCUT2D eigenvalue weighted by Gasteiger charge is -2.16. The summed E-state index contributed by atoms with van der Waals surface area (Å²) in [5.41, 5.74) is 3.86. The number of benzene rings is 2. The molecule has 0 bridgehead atoms. The van der Waals surface area contributed by atoms with Crippen LogP contribution >= 0.6 is 0 Å². The summed E-state index contributed by atoms with van der Waals surface area (Å²) >= 11 is 0. The molecule has 3 aromatic rings. The van der Waals surface area contributed by atoms with E-state index in [0.29, 0.717) is 6.42 Å². The molecule has 5 N–H and O–H groups in total. The highest BCUT2D eigenvalue weighted by Gasteiger charge is 2.29. The van der Waals surface area contributed by atoms with Crippen molar-refractivity contribution in [2.45, 2.75) is 56.6 Å². The Morgan fingerprint density at radius 3 is 2.44 bits per heavy atom. The quantitative estimate of drug-likeness (QED) is 0.180. The number of hydrogen-bond donors (Lipinski definition) is 5. The minimum absolute atomic E-state index is 0.0873. The van der Waals surface area contributed by atoms with Gasteiger partial charge in [0.15, 0.2) is 0 Å². The van der Waals surface area contributed by atoms with Crippen molar-refractivity contribution in [3.05, 3.63) is 66.0 Å². The molecule has 13 heteroatoms. The predicted molar refractivity (Wildman–Crippen MR) is 154 cm³/mol. The second-order valence-corrected chi connectivity index (χ2v) is 11.5. The van der Waals surface area contributed by atoms with E-state index in [1.165, 1.54) is 12.1 Å². The van der Waals surface area contributed by atoms with Crippen molar-refractivity contribution in [3.8, 4) is 11.1 Å². The van der Waals surface area contributed by atoms with Gasteiger partial charge in [0.25, 0.3) is 5.91 Å². The molecule has 12 nitrogen and oxygen atoms in total. The van der Waals surface area contributed by atoms with E-state index in [2.05, 4.69) is 30.5 Å². The van der Waals surface area contributed by atoms with Crippen LogP contribution in [0.1, 0.15) is 37.1 Å². The fourth-order valence-electron chi connectivity index (χ4n) is 4.24. The van der Waals surface area contributed by atoms with Crippen LogP contribution in [0.15, 0.2) is 64.6 Å². The summed E-state index contributed by atoms with van der Waals surface area (Å²) in [6.45, 7) is 4.17. The number of rotatable bonds is 14. The van der Waals surface area contributed by atoms with Crippen molar-refractivity contribution in [2.75, 3.05) is 18.4 Å². The summed E-state index contributed by atoms with van der Waals surface area (Å²) in [6.07, 6.45) is 2.44. The molecule has 2 aromatic carbocycles. The Morgan fingerprint density at radius 2 is 1.78 bits per heavy atom. The Balaban J connectivity index is 1.21. The lowest BCUT2D eigenvalue weighted by molar-refractivity contribution is -0.138. The van der Waals surface area contributed by atoms with Crippen LogP contribution in [0, 0.1) is 13.8 Å². The van der Waals surface area contributed by atoms with Gasteiger partial charge < -0.3 is 25.6 Å². The van der Waals surface area contributed by atoms with Crippen molar-refractivity contribution >= 4 is 33.6 Å². The maximum absolute atomic E-state index is 12.8. The molecule has 0 saturated heterocycles. The highest BCUT2D eigenvalue weighted by Crippen LogP contribution is 2.21. The second kappa shape index (κ2) is 13.4. The molecule has 0 fully saturated rings. The highest BCUT2D eigenvalue weighted by molar-refractivity contribution is 7.89. The van der Waals surface area contributed by atoms with Gasteiger partial charge in [0.1, 0.15) is 17.9 Å². The zero-order valence-corrected chi connectivity index (χ0v) is 23.7. The van der Waals surface area contributed by atoms with E-state index in [1.54, 1.807) is 12.1 Å². The van der Waals surface area contributed by atoms with E-state index in [9.17, 15) is 23.1 Å². The van der Waals surface area contributed by atoms with Crippen molar-refractivity contribution < 1.29 is 28.0 Å². The van der Waals surface area contributed by atoms with Crippen LogP contribution in [-0.4, -0.2) is 66.3 Å². The molecular formula is C28H34N6O6S. The number of amides is 1. The molecule has 2 unspecified atom stereocenters. The van der Waals surface area contributed by atoms with Crippen molar-refractivity contribution in [1.82, 2.24) is 20.0 Å². The average Bonchev–Trinajstić information content (AvgIpc) is 3.56. The van der Waals surface area contributed by atoms with Gasteiger partial charge in [0.05, 0.1) is 10.6 Å². The predicted octanol–water partition coefficient (Wildman–Crippen LogP) is 2.97. The largest absolute Gasteiger partial charge is 0.480 e. The fraction of sp³-hybridized carbons (Fsp3) is 0.357. The first-order valence-corrected chi connectivity index (χ1v) is 14.8. The minimum Gasteiger partial charge on any atom is -0.480 e. The number of carbonyl (C=O) groups excluding carboxylic acids is 1. The van der Waals surface area contributed by atoms with E-state index in [4.69, 9.17) is 4.84 Å². The first-order valence-electron chi connectivity index (χ1n) is 13.3. The van der Waals surface area contributed by atoms with Crippen LogP contribution < -0.4 is 15.4 Å².